The molecule has 0 aliphatic heterocycles. The molecule has 0 radical (unpaired) electrons. The van der Waals surface area contributed by atoms with E-state index in [0.717, 1.165) is 6.54 Å². The first-order chi connectivity index (χ1) is 8.90. The van der Waals surface area contributed by atoms with E-state index in [2.05, 4.69) is 10.0 Å². The highest BCUT2D eigenvalue weighted by Crippen LogP contribution is 2.25. The number of ether oxygens (including phenoxy) is 1. The van der Waals surface area contributed by atoms with E-state index in [0.29, 0.717) is 12.3 Å². The van der Waals surface area contributed by atoms with E-state index in [4.69, 9.17) is 16.3 Å². The van der Waals surface area contributed by atoms with Crippen molar-refractivity contribution in [2.45, 2.75) is 24.8 Å². The summed E-state index contributed by atoms with van der Waals surface area (Å²) in [6, 6.07) is 4.57. The van der Waals surface area contributed by atoms with Gasteiger partial charge in [-0.15, -0.1) is 12.4 Å². The van der Waals surface area contributed by atoms with Gasteiger partial charge >= 0.3 is 0 Å². The lowest BCUT2D eigenvalue weighted by molar-refractivity contribution is 0.413. The summed E-state index contributed by atoms with van der Waals surface area (Å²) in [4.78, 5) is 0.0252. The molecule has 0 heterocycles. The van der Waals surface area contributed by atoms with Crippen LogP contribution in [0.1, 0.15) is 13.8 Å². The zero-order valence-corrected chi connectivity index (χ0v) is 14.0. The molecule has 0 spiro atoms. The highest BCUT2D eigenvalue weighted by Gasteiger charge is 2.19. The minimum Gasteiger partial charge on any atom is -0.497 e. The number of likely N-dealkylation sites (N-methyl/N-ethyl adjacent to an activating group) is 1. The molecule has 0 saturated heterocycles. The summed E-state index contributed by atoms with van der Waals surface area (Å²) in [5.74, 6) is 0.449. The van der Waals surface area contributed by atoms with Crippen molar-refractivity contribution >= 4 is 34.0 Å². The summed E-state index contributed by atoms with van der Waals surface area (Å²) < 4.78 is 31.8. The van der Waals surface area contributed by atoms with E-state index in [9.17, 15) is 8.42 Å². The molecule has 1 aromatic rings. The standard InChI is InChI=1S/C12H19ClN2O3S.ClH/c1-4-14-9(2)8-15-19(16,17)12-7-10(18-3)5-6-11(12)13;/h5-7,9,14-15H,4,8H2,1-3H3;1H/t9-;/m1./s1. The molecular weight excluding hydrogens is 323 g/mol. The number of hydrogen-bond donors (Lipinski definition) is 2. The maximum atomic E-state index is 12.2. The predicted octanol–water partition coefficient (Wildman–Crippen LogP) is 2.05. The van der Waals surface area contributed by atoms with Crippen LogP contribution < -0.4 is 14.8 Å². The average Bonchev–Trinajstić information content (AvgIpc) is 2.37. The summed E-state index contributed by atoms with van der Waals surface area (Å²) in [7, 11) is -2.17. The molecule has 8 heteroatoms. The monoisotopic (exact) mass is 342 g/mol. The Morgan fingerprint density at radius 1 is 1.40 bits per heavy atom. The van der Waals surface area contributed by atoms with Crippen LogP contribution in [0.15, 0.2) is 23.1 Å². The molecule has 0 aromatic heterocycles. The van der Waals surface area contributed by atoms with Crippen LogP contribution in [0.5, 0.6) is 5.75 Å². The quantitative estimate of drug-likeness (QED) is 0.795. The van der Waals surface area contributed by atoms with Crippen LogP contribution in [0.3, 0.4) is 0 Å². The van der Waals surface area contributed by atoms with E-state index < -0.39 is 10.0 Å². The molecule has 0 unspecified atom stereocenters. The van der Waals surface area contributed by atoms with Gasteiger partial charge in [-0.05, 0) is 25.6 Å². The second kappa shape index (κ2) is 8.69. The maximum absolute atomic E-state index is 12.2. The second-order valence-corrected chi connectivity index (χ2v) is 6.25. The van der Waals surface area contributed by atoms with Gasteiger partial charge in [0.2, 0.25) is 10.0 Å². The Morgan fingerprint density at radius 3 is 2.60 bits per heavy atom. The fraction of sp³-hybridized carbons (Fsp3) is 0.500. The Hall–Kier alpha value is -0.530. The fourth-order valence-corrected chi connectivity index (χ4v) is 3.19. The van der Waals surface area contributed by atoms with Crippen LogP contribution in [0, 0.1) is 0 Å². The van der Waals surface area contributed by atoms with Gasteiger partial charge < -0.3 is 10.1 Å². The molecule has 1 atom stereocenters. The fourth-order valence-electron chi connectivity index (χ4n) is 1.55. The SMILES string of the molecule is CCN[C@H](C)CNS(=O)(=O)c1cc(OC)ccc1Cl.Cl. The van der Waals surface area contributed by atoms with E-state index in [1.54, 1.807) is 6.07 Å². The van der Waals surface area contributed by atoms with Crippen molar-refractivity contribution in [3.8, 4) is 5.75 Å². The van der Waals surface area contributed by atoms with Crippen molar-refractivity contribution < 1.29 is 13.2 Å². The van der Waals surface area contributed by atoms with Gasteiger partial charge in [-0.1, -0.05) is 18.5 Å². The van der Waals surface area contributed by atoms with Gasteiger partial charge in [0.15, 0.2) is 0 Å². The number of benzene rings is 1. The molecule has 0 fully saturated rings. The van der Waals surface area contributed by atoms with Gasteiger partial charge in [-0.2, -0.15) is 0 Å². The third-order valence-electron chi connectivity index (χ3n) is 2.56. The minimum absolute atomic E-state index is 0. The van der Waals surface area contributed by atoms with Crippen molar-refractivity contribution in [1.82, 2.24) is 10.0 Å². The minimum atomic E-state index is -3.64. The van der Waals surface area contributed by atoms with Gasteiger partial charge in [0, 0.05) is 18.7 Å². The van der Waals surface area contributed by atoms with Crippen molar-refractivity contribution in [3.63, 3.8) is 0 Å². The number of rotatable bonds is 7. The van der Waals surface area contributed by atoms with Crippen molar-refractivity contribution in [2.24, 2.45) is 0 Å². The van der Waals surface area contributed by atoms with Crippen LogP contribution in [0.4, 0.5) is 0 Å². The van der Waals surface area contributed by atoms with E-state index in [1.807, 2.05) is 13.8 Å². The molecule has 116 valence electrons. The third kappa shape index (κ3) is 5.46. The zero-order chi connectivity index (χ0) is 14.5. The lowest BCUT2D eigenvalue weighted by Crippen LogP contribution is -2.38. The lowest BCUT2D eigenvalue weighted by Gasteiger charge is -2.14. The zero-order valence-electron chi connectivity index (χ0n) is 11.6. The Balaban J connectivity index is 0.00000361. The number of sulfonamides is 1. The second-order valence-electron chi connectivity index (χ2n) is 4.11. The molecular formula is C12H20Cl2N2O3S. The van der Waals surface area contributed by atoms with Crippen LogP contribution in [0.25, 0.3) is 0 Å². The Kier molecular flexibility index (Phi) is 8.46. The van der Waals surface area contributed by atoms with E-state index >= 15 is 0 Å². The van der Waals surface area contributed by atoms with E-state index in [-0.39, 0.29) is 28.4 Å². The largest absolute Gasteiger partial charge is 0.497 e. The predicted molar refractivity (Wildman–Crippen MR) is 83.6 cm³/mol. The summed E-state index contributed by atoms with van der Waals surface area (Å²) in [6.45, 7) is 4.94. The van der Waals surface area contributed by atoms with Gasteiger partial charge in [0.1, 0.15) is 10.6 Å². The average molecular weight is 343 g/mol. The van der Waals surface area contributed by atoms with Crippen LogP contribution in [-0.4, -0.2) is 34.7 Å². The van der Waals surface area contributed by atoms with Gasteiger partial charge in [-0.3, -0.25) is 0 Å². The van der Waals surface area contributed by atoms with Gasteiger partial charge in [-0.25, -0.2) is 13.1 Å². The summed E-state index contributed by atoms with van der Waals surface area (Å²) in [5, 5.41) is 3.29. The molecule has 0 amide bonds. The highest BCUT2D eigenvalue weighted by atomic mass is 35.5. The molecule has 20 heavy (non-hydrogen) atoms. The third-order valence-corrected chi connectivity index (χ3v) is 4.47. The number of halogens is 2. The number of nitrogens with one attached hydrogen (secondary N) is 2. The van der Waals surface area contributed by atoms with Crippen molar-refractivity contribution in [1.29, 1.82) is 0 Å². The van der Waals surface area contributed by atoms with E-state index in [1.165, 1.54) is 19.2 Å². The first-order valence-corrected chi connectivity index (χ1v) is 7.83. The molecule has 0 aliphatic rings. The maximum Gasteiger partial charge on any atom is 0.242 e. The smallest absolute Gasteiger partial charge is 0.242 e. The Labute approximate surface area is 131 Å². The van der Waals surface area contributed by atoms with Crippen LogP contribution in [-0.2, 0) is 10.0 Å². The molecule has 0 bridgehead atoms. The highest BCUT2D eigenvalue weighted by molar-refractivity contribution is 7.89. The Bertz CT molecular complexity index is 523. The first-order valence-electron chi connectivity index (χ1n) is 5.97. The molecule has 2 N–H and O–H groups in total. The molecule has 5 nitrogen and oxygen atoms in total. The van der Waals surface area contributed by atoms with Crippen LogP contribution >= 0.6 is 24.0 Å². The van der Waals surface area contributed by atoms with Crippen molar-refractivity contribution in [3.05, 3.63) is 23.2 Å². The Morgan fingerprint density at radius 2 is 2.05 bits per heavy atom. The van der Waals surface area contributed by atoms with Gasteiger partial charge in [0.05, 0.1) is 12.1 Å². The molecule has 0 aliphatic carbocycles. The van der Waals surface area contributed by atoms with Crippen LogP contribution in [0.2, 0.25) is 5.02 Å². The number of methoxy groups -OCH3 is 1. The molecule has 1 aromatic carbocycles. The normalized spacial score (nSPS) is 12.6. The topological polar surface area (TPSA) is 67.4 Å². The molecule has 0 saturated carbocycles. The van der Waals surface area contributed by atoms with Crippen molar-refractivity contribution in [2.75, 3.05) is 20.2 Å². The summed E-state index contributed by atoms with van der Waals surface area (Å²) >= 11 is 5.92. The van der Waals surface area contributed by atoms with Gasteiger partial charge in [0.25, 0.3) is 0 Å². The number of hydrogen-bond acceptors (Lipinski definition) is 4. The summed E-state index contributed by atoms with van der Waals surface area (Å²) in [5.41, 5.74) is 0. The summed E-state index contributed by atoms with van der Waals surface area (Å²) in [6.07, 6.45) is 0. The first kappa shape index (κ1) is 19.5. The lowest BCUT2D eigenvalue weighted by atomic mass is 10.3. The molecule has 1 rings (SSSR count).